The number of hydrogen-bond acceptors (Lipinski definition) is 2. The molecule has 2 N–H and O–H groups in total. The fraction of sp³-hybridized carbons (Fsp3) is 0.250. The number of carboxylic acid groups (broad SMARTS) is 1. The number of fused-ring (bicyclic) bond motifs is 2. The Balaban J connectivity index is 2.20. The van der Waals surface area contributed by atoms with Gasteiger partial charge in [0.05, 0.1) is 6.61 Å². The molecule has 0 amide bonds. The summed E-state index contributed by atoms with van der Waals surface area (Å²) in [6.07, 6.45) is 2.02. The molecule has 82 valence electrons. The number of carboxylic acids is 1. The second-order valence-electron chi connectivity index (χ2n) is 3.99. The maximum Gasteiger partial charge on any atom is 0.352 e. The molecule has 2 heterocycles. The third kappa shape index (κ3) is 1.34. The standard InChI is InChI=1S/C12H11NO3/c14-12(15)10-5-8-4-7-2-1-3-16-11(7)6-9(8)13-10/h4-6,13H,1-3H2,(H,14,15). The van der Waals surface area contributed by atoms with Gasteiger partial charge in [0.15, 0.2) is 0 Å². The van der Waals surface area contributed by atoms with Gasteiger partial charge >= 0.3 is 5.97 Å². The third-order valence-electron chi connectivity index (χ3n) is 2.88. The minimum absolute atomic E-state index is 0.220. The van der Waals surface area contributed by atoms with Crippen molar-refractivity contribution in [3.05, 3.63) is 29.5 Å². The van der Waals surface area contributed by atoms with E-state index < -0.39 is 5.97 Å². The van der Waals surface area contributed by atoms with Crippen molar-refractivity contribution in [1.82, 2.24) is 4.98 Å². The van der Waals surface area contributed by atoms with Crippen molar-refractivity contribution in [2.45, 2.75) is 12.8 Å². The second-order valence-corrected chi connectivity index (χ2v) is 3.99. The number of hydrogen-bond donors (Lipinski definition) is 2. The molecule has 0 saturated heterocycles. The molecule has 0 atom stereocenters. The van der Waals surface area contributed by atoms with Crippen LogP contribution in [0.3, 0.4) is 0 Å². The maximum atomic E-state index is 10.8. The van der Waals surface area contributed by atoms with Crippen LogP contribution in [0.2, 0.25) is 0 Å². The molecule has 1 aliphatic rings. The lowest BCUT2D eigenvalue weighted by molar-refractivity contribution is 0.0691. The van der Waals surface area contributed by atoms with E-state index in [0.717, 1.165) is 41.7 Å². The Morgan fingerprint density at radius 2 is 2.25 bits per heavy atom. The van der Waals surface area contributed by atoms with Crippen LogP contribution in [0.15, 0.2) is 18.2 Å². The number of aromatic nitrogens is 1. The van der Waals surface area contributed by atoms with Crippen LogP contribution >= 0.6 is 0 Å². The van der Waals surface area contributed by atoms with Gasteiger partial charge in [-0.05, 0) is 30.5 Å². The van der Waals surface area contributed by atoms with Crippen molar-refractivity contribution in [2.24, 2.45) is 0 Å². The number of rotatable bonds is 1. The van der Waals surface area contributed by atoms with Crippen LogP contribution in [0.5, 0.6) is 5.75 Å². The number of aromatic carboxylic acids is 1. The van der Waals surface area contributed by atoms with E-state index in [9.17, 15) is 4.79 Å². The summed E-state index contributed by atoms with van der Waals surface area (Å²) in [5.74, 6) is -0.0624. The highest BCUT2D eigenvalue weighted by molar-refractivity contribution is 5.94. The zero-order valence-electron chi connectivity index (χ0n) is 8.62. The zero-order chi connectivity index (χ0) is 11.1. The molecule has 4 nitrogen and oxygen atoms in total. The van der Waals surface area contributed by atoms with E-state index in [1.54, 1.807) is 6.07 Å². The molecule has 0 saturated carbocycles. The average Bonchev–Trinajstić information content (AvgIpc) is 2.68. The van der Waals surface area contributed by atoms with Gasteiger partial charge in [0.25, 0.3) is 0 Å². The van der Waals surface area contributed by atoms with Crippen LogP contribution in [0.1, 0.15) is 22.5 Å². The Morgan fingerprint density at radius 1 is 1.38 bits per heavy atom. The second kappa shape index (κ2) is 3.27. The normalized spacial score (nSPS) is 14.5. The summed E-state index contributed by atoms with van der Waals surface area (Å²) in [4.78, 5) is 13.7. The zero-order valence-corrected chi connectivity index (χ0v) is 8.62. The first-order valence-electron chi connectivity index (χ1n) is 5.26. The van der Waals surface area contributed by atoms with Crippen molar-refractivity contribution >= 4 is 16.9 Å². The Morgan fingerprint density at radius 3 is 3.06 bits per heavy atom. The highest BCUT2D eigenvalue weighted by Crippen LogP contribution is 2.30. The molecular formula is C12H11NO3. The highest BCUT2D eigenvalue weighted by atomic mass is 16.5. The molecule has 0 bridgehead atoms. The summed E-state index contributed by atoms with van der Waals surface area (Å²) in [5, 5.41) is 9.82. The maximum absolute atomic E-state index is 10.8. The molecule has 16 heavy (non-hydrogen) atoms. The number of ether oxygens (including phenoxy) is 1. The minimum atomic E-state index is -0.935. The number of nitrogens with one attached hydrogen (secondary N) is 1. The van der Waals surface area contributed by atoms with Crippen LogP contribution in [-0.4, -0.2) is 22.7 Å². The monoisotopic (exact) mass is 217 g/mol. The van der Waals surface area contributed by atoms with Gasteiger partial charge in [-0.3, -0.25) is 0 Å². The van der Waals surface area contributed by atoms with Gasteiger partial charge in [0, 0.05) is 17.0 Å². The van der Waals surface area contributed by atoms with Crippen molar-refractivity contribution in [3.8, 4) is 5.75 Å². The third-order valence-corrected chi connectivity index (χ3v) is 2.88. The molecule has 0 aliphatic carbocycles. The van der Waals surface area contributed by atoms with Crippen LogP contribution in [0.4, 0.5) is 0 Å². The van der Waals surface area contributed by atoms with Gasteiger partial charge in [0.2, 0.25) is 0 Å². The summed E-state index contributed by atoms with van der Waals surface area (Å²) >= 11 is 0. The fourth-order valence-corrected chi connectivity index (χ4v) is 2.10. The largest absolute Gasteiger partial charge is 0.493 e. The van der Waals surface area contributed by atoms with Gasteiger partial charge in [-0.25, -0.2) is 4.79 Å². The smallest absolute Gasteiger partial charge is 0.352 e. The van der Waals surface area contributed by atoms with Crippen LogP contribution in [0.25, 0.3) is 10.9 Å². The van der Waals surface area contributed by atoms with Crippen LogP contribution in [-0.2, 0) is 6.42 Å². The van der Waals surface area contributed by atoms with E-state index in [1.165, 1.54) is 0 Å². The van der Waals surface area contributed by atoms with E-state index in [0.29, 0.717) is 0 Å². The Hall–Kier alpha value is -1.97. The van der Waals surface area contributed by atoms with Gasteiger partial charge in [-0.15, -0.1) is 0 Å². The molecule has 0 fully saturated rings. The summed E-state index contributed by atoms with van der Waals surface area (Å²) < 4.78 is 5.53. The molecule has 1 aromatic heterocycles. The molecule has 1 aromatic carbocycles. The Kier molecular flexibility index (Phi) is 1.89. The van der Waals surface area contributed by atoms with E-state index >= 15 is 0 Å². The fourth-order valence-electron chi connectivity index (χ4n) is 2.10. The number of H-pyrrole nitrogens is 1. The summed E-state index contributed by atoms with van der Waals surface area (Å²) in [7, 11) is 0. The molecule has 2 aromatic rings. The van der Waals surface area contributed by atoms with Crippen molar-refractivity contribution < 1.29 is 14.6 Å². The lowest BCUT2D eigenvalue weighted by Crippen LogP contribution is -2.07. The first-order valence-corrected chi connectivity index (χ1v) is 5.26. The summed E-state index contributed by atoms with van der Waals surface area (Å²) in [6, 6.07) is 5.55. The van der Waals surface area contributed by atoms with Gasteiger partial charge in [0.1, 0.15) is 11.4 Å². The van der Waals surface area contributed by atoms with Crippen molar-refractivity contribution in [3.63, 3.8) is 0 Å². The highest BCUT2D eigenvalue weighted by Gasteiger charge is 2.14. The minimum Gasteiger partial charge on any atom is -0.493 e. The van der Waals surface area contributed by atoms with E-state index in [1.807, 2.05) is 12.1 Å². The SMILES string of the molecule is O=C(O)c1cc2cc3c(cc2[nH]1)OCCC3. The van der Waals surface area contributed by atoms with E-state index in [4.69, 9.17) is 9.84 Å². The molecule has 0 unspecified atom stereocenters. The number of carbonyl (C=O) groups is 1. The molecular weight excluding hydrogens is 206 g/mol. The number of aromatic amines is 1. The van der Waals surface area contributed by atoms with Gasteiger partial charge < -0.3 is 14.8 Å². The lowest BCUT2D eigenvalue weighted by atomic mass is 10.0. The van der Waals surface area contributed by atoms with Gasteiger partial charge in [-0.1, -0.05) is 0 Å². The predicted molar refractivity (Wildman–Crippen MR) is 59.1 cm³/mol. The van der Waals surface area contributed by atoms with E-state index in [2.05, 4.69) is 4.98 Å². The first-order chi connectivity index (χ1) is 7.74. The number of aryl methyl sites for hydroxylation is 1. The molecule has 4 heteroatoms. The van der Waals surface area contributed by atoms with Crippen LogP contribution < -0.4 is 4.74 Å². The van der Waals surface area contributed by atoms with Crippen LogP contribution in [0, 0.1) is 0 Å². The molecule has 0 radical (unpaired) electrons. The quantitative estimate of drug-likeness (QED) is 0.769. The van der Waals surface area contributed by atoms with Gasteiger partial charge in [-0.2, -0.15) is 0 Å². The Bertz CT molecular complexity index is 528. The van der Waals surface area contributed by atoms with Crippen molar-refractivity contribution in [1.29, 1.82) is 0 Å². The summed E-state index contributed by atoms with van der Waals surface area (Å²) in [5.41, 5.74) is 2.20. The predicted octanol–water partition coefficient (Wildman–Crippen LogP) is 2.19. The lowest BCUT2D eigenvalue weighted by Gasteiger charge is -2.16. The average molecular weight is 217 g/mol. The van der Waals surface area contributed by atoms with Crippen molar-refractivity contribution in [2.75, 3.05) is 6.61 Å². The molecule has 1 aliphatic heterocycles. The Labute approximate surface area is 91.8 Å². The topological polar surface area (TPSA) is 62.3 Å². The summed E-state index contributed by atoms with van der Waals surface area (Å²) in [6.45, 7) is 0.741. The number of benzene rings is 1. The van der Waals surface area contributed by atoms with E-state index in [-0.39, 0.29) is 5.69 Å². The molecule has 3 rings (SSSR count). The molecule has 0 spiro atoms. The first kappa shape index (κ1) is 9.27.